The van der Waals surface area contributed by atoms with Crippen molar-refractivity contribution in [1.82, 2.24) is 0 Å². The minimum atomic E-state index is 0.104. The minimum Gasteiger partial charge on any atom is -0.493 e. The number of nitrogens with zero attached hydrogens (tertiary/aromatic N) is 1. The second-order valence-electron chi connectivity index (χ2n) is 6.22. The average molecular weight is 325 g/mol. The molecule has 0 spiro atoms. The molecule has 0 aliphatic carbocycles. The van der Waals surface area contributed by atoms with Crippen LogP contribution in [0.15, 0.2) is 30.3 Å². The zero-order valence-electron chi connectivity index (χ0n) is 14.7. The number of Topliss-reactive ketones (excluding diaryl/α,β-unsaturated/α-hetero) is 1. The summed E-state index contributed by atoms with van der Waals surface area (Å²) in [7, 11) is 3.31. The van der Waals surface area contributed by atoms with Gasteiger partial charge in [-0.05, 0) is 55.7 Å². The molecule has 0 radical (unpaired) electrons. The summed E-state index contributed by atoms with van der Waals surface area (Å²) in [4.78, 5) is 14.3. The maximum atomic E-state index is 12.0. The Kier molecular flexibility index (Phi) is 4.47. The number of carbonyl (C=O) groups is 1. The summed E-state index contributed by atoms with van der Waals surface area (Å²) in [5.74, 6) is 1.62. The van der Waals surface area contributed by atoms with Crippen molar-refractivity contribution in [2.24, 2.45) is 0 Å². The van der Waals surface area contributed by atoms with Crippen LogP contribution < -0.4 is 14.4 Å². The van der Waals surface area contributed by atoms with Crippen molar-refractivity contribution >= 4 is 11.5 Å². The van der Waals surface area contributed by atoms with Crippen LogP contribution in [0.25, 0.3) is 0 Å². The van der Waals surface area contributed by atoms with Crippen LogP contribution in [0.1, 0.15) is 34.0 Å². The summed E-state index contributed by atoms with van der Waals surface area (Å²) >= 11 is 0. The maximum Gasteiger partial charge on any atom is 0.161 e. The molecule has 2 aromatic carbocycles. The number of hydrogen-bond acceptors (Lipinski definition) is 4. The lowest BCUT2D eigenvalue weighted by Gasteiger charge is -2.32. The number of fused-ring (bicyclic) bond motifs is 1. The van der Waals surface area contributed by atoms with E-state index in [0.29, 0.717) is 0 Å². The smallest absolute Gasteiger partial charge is 0.161 e. The van der Waals surface area contributed by atoms with Gasteiger partial charge in [0.15, 0.2) is 17.3 Å². The predicted octanol–water partition coefficient (Wildman–Crippen LogP) is 3.78. The molecule has 0 saturated heterocycles. The number of benzene rings is 2. The van der Waals surface area contributed by atoms with Crippen molar-refractivity contribution in [3.05, 3.63) is 52.6 Å². The molecule has 1 aliphatic rings. The molecule has 4 heteroatoms. The number of ketones is 1. The molecule has 0 saturated carbocycles. The first kappa shape index (κ1) is 16.4. The summed E-state index contributed by atoms with van der Waals surface area (Å²) in [6.45, 7) is 5.29. The molecule has 3 rings (SSSR count). The van der Waals surface area contributed by atoms with Gasteiger partial charge in [0.1, 0.15) is 0 Å². The Labute approximate surface area is 143 Å². The van der Waals surface area contributed by atoms with Crippen LogP contribution in [-0.4, -0.2) is 26.5 Å². The number of hydrogen-bond donors (Lipinski definition) is 0. The highest BCUT2D eigenvalue weighted by molar-refractivity contribution is 6.00. The molecule has 0 bridgehead atoms. The number of methoxy groups -OCH3 is 2. The summed E-state index contributed by atoms with van der Waals surface area (Å²) in [6, 6.07) is 10.2. The van der Waals surface area contributed by atoms with E-state index in [-0.39, 0.29) is 5.78 Å². The van der Waals surface area contributed by atoms with Crippen molar-refractivity contribution in [2.75, 3.05) is 25.7 Å². The number of aryl methyl sites for hydroxylation is 1. The van der Waals surface area contributed by atoms with E-state index in [0.717, 1.165) is 47.8 Å². The van der Waals surface area contributed by atoms with Crippen LogP contribution in [0.5, 0.6) is 11.5 Å². The third kappa shape index (κ3) is 2.96. The van der Waals surface area contributed by atoms with Crippen molar-refractivity contribution < 1.29 is 14.3 Å². The van der Waals surface area contributed by atoms with Crippen molar-refractivity contribution in [3.63, 3.8) is 0 Å². The van der Waals surface area contributed by atoms with Gasteiger partial charge in [-0.15, -0.1) is 0 Å². The molecule has 0 fully saturated rings. The van der Waals surface area contributed by atoms with Crippen LogP contribution in [0.4, 0.5) is 5.69 Å². The van der Waals surface area contributed by atoms with E-state index in [1.807, 2.05) is 19.1 Å². The van der Waals surface area contributed by atoms with E-state index in [1.54, 1.807) is 21.1 Å². The van der Waals surface area contributed by atoms with Crippen LogP contribution >= 0.6 is 0 Å². The molecule has 0 atom stereocenters. The Hall–Kier alpha value is -2.49. The summed E-state index contributed by atoms with van der Waals surface area (Å²) in [5, 5.41) is 0. The zero-order valence-corrected chi connectivity index (χ0v) is 14.7. The highest BCUT2D eigenvalue weighted by Crippen LogP contribution is 2.35. The largest absolute Gasteiger partial charge is 0.493 e. The van der Waals surface area contributed by atoms with Crippen LogP contribution in [-0.2, 0) is 13.0 Å². The molecule has 0 amide bonds. The van der Waals surface area contributed by atoms with Gasteiger partial charge < -0.3 is 14.4 Å². The van der Waals surface area contributed by atoms with Crippen LogP contribution in [0.3, 0.4) is 0 Å². The third-order valence-electron chi connectivity index (χ3n) is 4.59. The highest BCUT2D eigenvalue weighted by Gasteiger charge is 2.22. The van der Waals surface area contributed by atoms with E-state index in [2.05, 4.69) is 23.1 Å². The monoisotopic (exact) mass is 325 g/mol. The minimum absolute atomic E-state index is 0.104. The Morgan fingerprint density at radius 2 is 1.71 bits per heavy atom. The molecule has 0 unspecified atom stereocenters. The van der Waals surface area contributed by atoms with Crippen molar-refractivity contribution in [3.8, 4) is 11.5 Å². The molecule has 24 heavy (non-hydrogen) atoms. The van der Waals surface area contributed by atoms with Gasteiger partial charge in [0.25, 0.3) is 0 Å². The lowest BCUT2D eigenvalue weighted by Crippen LogP contribution is -2.31. The fourth-order valence-corrected chi connectivity index (χ4v) is 3.30. The number of ether oxygens (including phenoxy) is 2. The molecular weight excluding hydrogens is 302 g/mol. The molecule has 1 aliphatic heterocycles. The molecule has 126 valence electrons. The van der Waals surface area contributed by atoms with Gasteiger partial charge in [0, 0.05) is 24.3 Å². The second-order valence-corrected chi connectivity index (χ2v) is 6.22. The highest BCUT2D eigenvalue weighted by atomic mass is 16.5. The summed E-state index contributed by atoms with van der Waals surface area (Å²) in [5.41, 5.74) is 5.40. The molecule has 0 N–H and O–H groups in total. The van der Waals surface area contributed by atoms with Gasteiger partial charge in [0.2, 0.25) is 0 Å². The number of anilines is 1. The van der Waals surface area contributed by atoms with E-state index >= 15 is 0 Å². The Morgan fingerprint density at radius 3 is 2.33 bits per heavy atom. The quantitative estimate of drug-likeness (QED) is 0.802. The standard InChI is InChI=1S/C20H23NO3/c1-13-5-6-18(17(9-13)14(2)22)21-8-7-15-10-19(23-3)20(24-4)11-16(15)12-21/h5-6,9-11H,7-8,12H2,1-4H3. The Bertz CT molecular complexity index is 783. The van der Waals surface area contributed by atoms with Gasteiger partial charge in [-0.2, -0.15) is 0 Å². The van der Waals surface area contributed by atoms with Crippen molar-refractivity contribution in [2.45, 2.75) is 26.8 Å². The SMILES string of the molecule is COc1cc2c(cc1OC)CN(c1ccc(C)cc1C(C)=O)CC2. The lowest BCUT2D eigenvalue weighted by molar-refractivity contribution is 0.101. The van der Waals surface area contributed by atoms with E-state index in [1.165, 1.54) is 11.1 Å². The van der Waals surface area contributed by atoms with Crippen LogP contribution in [0.2, 0.25) is 0 Å². The van der Waals surface area contributed by atoms with Gasteiger partial charge in [-0.1, -0.05) is 11.6 Å². The normalized spacial score (nSPS) is 13.4. The van der Waals surface area contributed by atoms with Crippen LogP contribution in [0, 0.1) is 6.92 Å². The topological polar surface area (TPSA) is 38.8 Å². The van der Waals surface area contributed by atoms with E-state index < -0.39 is 0 Å². The average Bonchev–Trinajstić information content (AvgIpc) is 2.59. The van der Waals surface area contributed by atoms with E-state index in [4.69, 9.17) is 9.47 Å². The summed E-state index contributed by atoms with van der Waals surface area (Å²) in [6.07, 6.45) is 0.918. The summed E-state index contributed by atoms with van der Waals surface area (Å²) < 4.78 is 10.8. The fraction of sp³-hybridized carbons (Fsp3) is 0.350. The first-order chi connectivity index (χ1) is 11.5. The number of carbonyl (C=O) groups excluding carboxylic acids is 1. The van der Waals surface area contributed by atoms with Gasteiger partial charge >= 0.3 is 0 Å². The Balaban J connectivity index is 1.97. The van der Waals surface area contributed by atoms with Crippen molar-refractivity contribution in [1.29, 1.82) is 0 Å². The first-order valence-corrected chi connectivity index (χ1v) is 8.13. The first-order valence-electron chi connectivity index (χ1n) is 8.13. The molecule has 2 aromatic rings. The molecule has 0 aromatic heterocycles. The van der Waals surface area contributed by atoms with Gasteiger partial charge in [-0.25, -0.2) is 0 Å². The third-order valence-corrected chi connectivity index (χ3v) is 4.59. The molecule has 4 nitrogen and oxygen atoms in total. The van der Waals surface area contributed by atoms with Gasteiger partial charge in [0.05, 0.1) is 14.2 Å². The fourth-order valence-electron chi connectivity index (χ4n) is 3.30. The predicted molar refractivity (Wildman–Crippen MR) is 95.5 cm³/mol. The second kappa shape index (κ2) is 6.56. The number of rotatable bonds is 4. The molecular formula is C20H23NO3. The van der Waals surface area contributed by atoms with Gasteiger partial charge in [-0.3, -0.25) is 4.79 Å². The Morgan fingerprint density at radius 1 is 1.04 bits per heavy atom. The maximum absolute atomic E-state index is 12.0. The van der Waals surface area contributed by atoms with E-state index in [9.17, 15) is 4.79 Å². The molecule has 1 heterocycles. The lowest BCUT2D eigenvalue weighted by atomic mass is 9.96. The zero-order chi connectivity index (χ0) is 17.3.